The Morgan fingerprint density at radius 2 is 2.08 bits per heavy atom. The molecule has 2 aliphatic heterocycles. The van der Waals surface area contributed by atoms with E-state index in [9.17, 15) is 14.7 Å². The summed E-state index contributed by atoms with van der Waals surface area (Å²) in [5.41, 5.74) is 0.808. The highest BCUT2D eigenvalue weighted by Crippen LogP contribution is 2.12. The molecular weight excluding hydrogens is 354 g/mol. The number of β-amino-alcohol motifs (C(OH)–C–C–N with tert-alkyl or cyclic N) is 1. The van der Waals surface area contributed by atoms with E-state index in [0.29, 0.717) is 31.8 Å². The molecule has 2 fully saturated rings. The summed E-state index contributed by atoms with van der Waals surface area (Å²) in [5.74, 6) is 0.499. The third-order valence-electron chi connectivity index (χ3n) is 3.73. The molecule has 0 aromatic carbocycles. The second kappa shape index (κ2) is 13.3. The maximum absolute atomic E-state index is 11.3. The summed E-state index contributed by atoms with van der Waals surface area (Å²) < 4.78 is 4.31. The minimum Gasteiger partial charge on any atom is -0.505 e. The number of aliphatic hydroxyl groups is 1. The van der Waals surface area contributed by atoms with Gasteiger partial charge in [0.25, 0.3) is 0 Å². The largest absolute Gasteiger partial charge is 0.505 e. The van der Waals surface area contributed by atoms with Gasteiger partial charge in [0.05, 0.1) is 24.8 Å². The third-order valence-corrected chi connectivity index (χ3v) is 4.37. The van der Waals surface area contributed by atoms with Crippen LogP contribution < -0.4 is 10.6 Å². The number of hydrogen-bond donors (Lipinski definition) is 4. The molecule has 26 heavy (non-hydrogen) atoms. The normalized spacial score (nSPS) is 24.5. The first-order valence-electron chi connectivity index (χ1n) is 8.37. The van der Waals surface area contributed by atoms with Crippen molar-refractivity contribution in [2.24, 2.45) is 5.92 Å². The molecule has 148 valence electrons. The van der Waals surface area contributed by atoms with Gasteiger partial charge in [0.1, 0.15) is 0 Å². The molecule has 3 atom stereocenters. The number of thiol groups is 1. The Labute approximate surface area is 161 Å². The van der Waals surface area contributed by atoms with Crippen molar-refractivity contribution in [3.05, 3.63) is 37.6 Å². The number of nitrogens with one attached hydrogen (secondary N) is 2. The molecule has 2 rings (SSSR count). The molecule has 0 aromatic heterocycles. The van der Waals surface area contributed by atoms with Crippen LogP contribution in [-0.4, -0.2) is 60.2 Å². The highest BCUT2D eigenvalue weighted by Gasteiger charge is 2.23. The number of urea groups is 1. The van der Waals surface area contributed by atoms with Gasteiger partial charge in [0.2, 0.25) is 5.91 Å². The highest BCUT2D eigenvalue weighted by molar-refractivity contribution is 7.80. The van der Waals surface area contributed by atoms with Crippen LogP contribution in [0, 0.1) is 5.92 Å². The molecular formula is C18H31N3O4S. The summed E-state index contributed by atoms with van der Waals surface area (Å²) in [5, 5.41) is 14.7. The number of methoxy groups -OCH3 is 1. The summed E-state index contributed by atoms with van der Waals surface area (Å²) in [7, 11) is 1.56. The molecule has 0 saturated carbocycles. The molecule has 0 spiro atoms. The summed E-state index contributed by atoms with van der Waals surface area (Å²) in [4.78, 5) is 23.5. The second-order valence-corrected chi connectivity index (χ2v) is 6.56. The Morgan fingerprint density at radius 3 is 2.54 bits per heavy atom. The van der Waals surface area contributed by atoms with Gasteiger partial charge in [-0.1, -0.05) is 32.7 Å². The van der Waals surface area contributed by atoms with Crippen LogP contribution in [0.15, 0.2) is 37.6 Å². The van der Waals surface area contributed by atoms with E-state index in [1.165, 1.54) is 6.26 Å². The first-order valence-corrected chi connectivity index (χ1v) is 8.88. The van der Waals surface area contributed by atoms with E-state index in [1.54, 1.807) is 18.1 Å². The second-order valence-electron chi connectivity index (χ2n) is 6.01. The number of aliphatic hydroxyl groups excluding tert-OH is 1. The van der Waals surface area contributed by atoms with Gasteiger partial charge in [-0.25, -0.2) is 4.79 Å². The van der Waals surface area contributed by atoms with Crippen LogP contribution in [0.1, 0.15) is 19.8 Å². The van der Waals surface area contributed by atoms with E-state index in [2.05, 4.69) is 47.7 Å². The van der Waals surface area contributed by atoms with Gasteiger partial charge < -0.3 is 25.4 Å². The monoisotopic (exact) mass is 385 g/mol. The van der Waals surface area contributed by atoms with Crippen molar-refractivity contribution in [2.45, 2.75) is 31.2 Å². The van der Waals surface area contributed by atoms with Crippen molar-refractivity contribution in [1.29, 1.82) is 0 Å². The molecule has 3 unspecified atom stereocenters. The molecule has 0 radical (unpaired) electrons. The Hall–Kier alpha value is -1.93. The van der Waals surface area contributed by atoms with Gasteiger partial charge in [0, 0.05) is 32.0 Å². The minimum absolute atomic E-state index is 0.0127. The lowest BCUT2D eigenvalue weighted by Crippen LogP contribution is -2.51. The van der Waals surface area contributed by atoms with Crippen LogP contribution in [0.2, 0.25) is 0 Å². The van der Waals surface area contributed by atoms with Crippen LogP contribution in [0.3, 0.4) is 0 Å². The van der Waals surface area contributed by atoms with Gasteiger partial charge in [-0.3, -0.25) is 4.79 Å². The zero-order valence-corrected chi connectivity index (χ0v) is 16.5. The van der Waals surface area contributed by atoms with Crippen LogP contribution in [0.5, 0.6) is 0 Å². The quantitative estimate of drug-likeness (QED) is 0.337. The lowest BCUT2D eigenvalue weighted by molar-refractivity contribution is -0.136. The van der Waals surface area contributed by atoms with Crippen molar-refractivity contribution in [3.63, 3.8) is 0 Å². The van der Waals surface area contributed by atoms with Gasteiger partial charge in [-0.15, -0.1) is 0 Å². The molecule has 0 aromatic rings. The first-order chi connectivity index (χ1) is 12.2. The Balaban J connectivity index is 0.000000416. The van der Waals surface area contributed by atoms with Gasteiger partial charge in [0.15, 0.2) is 0 Å². The Morgan fingerprint density at radius 1 is 1.46 bits per heavy atom. The summed E-state index contributed by atoms with van der Waals surface area (Å²) in [6, 6.07) is -0.117. The van der Waals surface area contributed by atoms with Crippen LogP contribution in [0.4, 0.5) is 4.79 Å². The average Bonchev–Trinajstić information content (AvgIpc) is 2.62. The SMILES string of the molecule is C=CC(=C)CN1CC(O)CCC1=O.C=COC.CC1CNC(=O)NC1S. The van der Waals surface area contributed by atoms with Gasteiger partial charge >= 0.3 is 6.03 Å². The predicted octanol–water partition coefficient (Wildman–Crippen LogP) is 1.68. The number of rotatable bonds is 4. The average molecular weight is 386 g/mol. The number of amides is 3. The maximum Gasteiger partial charge on any atom is 0.315 e. The number of hydrogen-bond acceptors (Lipinski definition) is 5. The molecule has 2 saturated heterocycles. The zero-order valence-electron chi connectivity index (χ0n) is 15.6. The van der Waals surface area contributed by atoms with Crippen LogP contribution in [0.25, 0.3) is 0 Å². The number of carbonyl (C=O) groups is 2. The molecule has 2 aliphatic rings. The van der Waals surface area contributed by atoms with E-state index < -0.39 is 0 Å². The fourth-order valence-corrected chi connectivity index (χ4v) is 2.27. The number of likely N-dealkylation sites (tertiary alicyclic amines) is 1. The van der Waals surface area contributed by atoms with Crippen LogP contribution in [-0.2, 0) is 9.53 Å². The maximum atomic E-state index is 11.3. The topological polar surface area (TPSA) is 90.9 Å². The summed E-state index contributed by atoms with van der Waals surface area (Å²) in [6.07, 6.45) is 3.64. The van der Waals surface area contributed by atoms with E-state index in [1.807, 2.05) is 6.92 Å². The fraction of sp³-hybridized carbons (Fsp3) is 0.556. The summed E-state index contributed by atoms with van der Waals surface area (Å²) >= 11 is 4.14. The van der Waals surface area contributed by atoms with Crippen molar-refractivity contribution < 1.29 is 19.4 Å². The predicted molar refractivity (Wildman–Crippen MR) is 107 cm³/mol. The number of ether oxygens (including phenoxy) is 1. The van der Waals surface area contributed by atoms with E-state index in [0.717, 1.165) is 12.1 Å². The molecule has 3 N–H and O–H groups in total. The smallest absolute Gasteiger partial charge is 0.315 e. The van der Waals surface area contributed by atoms with Gasteiger partial charge in [-0.2, -0.15) is 12.6 Å². The molecule has 3 amide bonds. The van der Waals surface area contributed by atoms with Crippen molar-refractivity contribution in [2.75, 3.05) is 26.7 Å². The fourth-order valence-electron chi connectivity index (χ4n) is 2.05. The van der Waals surface area contributed by atoms with Crippen molar-refractivity contribution >= 4 is 24.6 Å². The highest BCUT2D eigenvalue weighted by atomic mass is 32.1. The number of nitrogens with zero attached hydrogens (tertiary/aromatic N) is 1. The Kier molecular flexibility index (Phi) is 12.3. The number of piperidine rings is 1. The lowest BCUT2D eigenvalue weighted by Gasteiger charge is -2.30. The standard InChI is InChI=1S/C10H15NO2.C5H10N2OS.C3H6O/c1-3-8(2)6-11-7-9(12)4-5-10(11)13;1-3-2-6-5(8)7-4(3)9;1-3-4-2/h3,9,12H,1-2,4-7H2;3-4,9H,2H2,1H3,(H2,6,7,8);3H,1H2,2H3. The number of carbonyl (C=O) groups excluding carboxylic acids is 2. The zero-order chi connectivity index (χ0) is 20.1. The minimum atomic E-state index is -0.379. The summed E-state index contributed by atoms with van der Waals surface area (Å²) in [6.45, 7) is 14.2. The lowest BCUT2D eigenvalue weighted by atomic mass is 10.1. The van der Waals surface area contributed by atoms with E-state index in [4.69, 9.17) is 0 Å². The van der Waals surface area contributed by atoms with E-state index in [-0.39, 0.29) is 23.4 Å². The molecule has 0 bridgehead atoms. The Bertz CT molecular complexity index is 499. The van der Waals surface area contributed by atoms with E-state index >= 15 is 0 Å². The van der Waals surface area contributed by atoms with Gasteiger partial charge in [-0.05, 0) is 12.0 Å². The third kappa shape index (κ3) is 10.1. The molecule has 8 heteroatoms. The molecule has 7 nitrogen and oxygen atoms in total. The molecule has 2 heterocycles. The van der Waals surface area contributed by atoms with Crippen molar-refractivity contribution in [1.82, 2.24) is 15.5 Å². The first kappa shape index (κ1) is 24.1. The van der Waals surface area contributed by atoms with Crippen LogP contribution >= 0.6 is 12.6 Å². The molecule has 0 aliphatic carbocycles. The van der Waals surface area contributed by atoms with Crippen molar-refractivity contribution in [3.8, 4) is 0 Å².